The van der Waals surface area contributed by atoms with Crippen LogP contribution in [0.1, 0.15) is 47.1 Å². The maximum atomic E-state index is 13.2. The van der Waals surface area contributed by atoms with Crippen molar-refractivity contribution in [3.8, 4) is 0 Å². The molecule has 0 aliphatic carbocycles. The number of halogens is 2. The van der Waals surface area contributed by atoms with Crippen LogP contribution in [-0.4, -0.2) is 46.4 Å². The van der Waals surface area contributed by atoms with Gasteiger partial charge in [-0.2, -0.15) is 0 Å². The minimum Gasteiger partial charge on any atom is -0.376 e. The van der Waals surface area contributed by atoms with Crippen LogP contribution in [0.5, 0.6) is 0 Å². The number of Topliss-reactive ketones (excluding diaryl/α,β-unsaturated/α-hetero) is 1. The first-order chi connectivity index (χ1) is 15.1. The Hall–Kier alpha value is -2.35. The molecule has 9 heteroatoms. The van der Waals surface area contributed by atoms with Gasteiger partial charge in [0.25, 0.3) is 5.91 Å². The van der Waals surface area contributed by atoms with Crippen LogP contribution in [-0.2, 0) is 21.6 Å². The van der Waals surface area contributed by atoms with Gasteiger partial charge in [-0.3, -0.25) is 14.5 Å². The topological polar surface area (TPSA) is 80.6 Å². The van der Waals surface area contributed by atoms with Crippen molar-refractivity contribution >= 4 is 40.9 Å². The molecule has 0 radical (unpaired) electrons. The Morgan fingerprint density at radius 3 is 2.66 bits per heavy atom. The second-order valence-corrected chi connectivity index (χ2v) is 9.37. The molecule has 1 aromatic carbocycles. The second-order valence-electron chi connectivity index (χ2n) is 8.52. The van der Waals surface area contributed by atoms with Crippen LogP contribution in [0.25, 0.3) is 0 Å². The Morgan fingerprint density at radius 2 is 2.00 bits per heavy atom. The summed E-state index contributed by atoms with van der Waals surface area (Å²) >= 11 is 12.2. The highest BCUT2D eigenvalue weighted by molar-refractivity contribution is 6.35. The number of urea groups is 1. The van der Waals surface area contributed by atoms with Crippen molar-refractivity contribution in [1.29, 1.82) is 0 Å². The summed E-state index contributed by atoms with van der Waals surface area (Å²) < 4.78 is 7.79. The predicted molar refractivity (Wildman–Crippen MR) is 121 cm³/mol. The molecule has 1 aromatic heterocycles. The van der Waals surface area contributed by atoms with E-state index < -0.39 is 17.5 Å². The molecule has 0 bridgehead atoms. The number of carbonyl (C=O) groups is 3. The van der Waals surface area contributed by atoms with E-state index in [2.05, 4.69) is 9.88 Å². The molecular weight excluding hydrogens is 453 g/mol. The lowest BCUT2D eigenvalue weighted by Gasteiger charge is -2.23. The fourth-order valence-electron chi connectivity index (χ4n) is 4.50. The molecule has 4 rings (SSSR count). The van der Waals surface area contributed by atoms with Gasteiger partial charge in [-0.15, -0.1) is 0 Å². The Morgan fingerprint density at radius 1 is 1.25 bits per heavy atom. The average molecular weight is 478 g/mol. The van der Waals surface area contributed by atoms with Crippen LogP contribution in [0.3, 0.4) is 0 Å². The van der Waals surface area contributed by atoms with Crippen molar-refractivity contribution in [2.45, 2.75) is 51.8 Å². The molecule has 2 atom stereocenters. The molecule has 2 aliphatic rings. The van der Waals surface area contributed by atoms with Crippen molar-refractivity contribution in [2.75, 3.05) is 13.2 Å². The van der Waals surface area contributed by atoms with Gasteiger partial charge in [0.1, 0.15) is 5.54 Å². The summed E-state index contributed by atoms with van der Waals surface area (Å²) in [6.45, 7) is 6.47. The summed E-state index contributed by atoms with van der Waals surface area (Å²) in [7, 11) is 0. The van der Waals surface area contributed by atoms with Crippen LogP contribution in [0.4, 0.5) is 4.79 Å². The number of hydrogen-bond acceptors (Lipinski definition) is 4. The summed E-state index contributed by atoms with van der Waals surface area (Å²) in [5, 5.41) is 3.36. The van der Waals surface area contributed by atoms with E-state index in [4.69, 9.17) is 27.9 Å². The Labute approximate surface area is 196 Å². The van der Waals surface area contributed by atoms with Crippen LogP contribution in [0.2, 0.25) is 10.0 Å². The molecule has 0 spiro atoms. The third kappa shape index (κ3) is 3.93. The normalized spacial score (nSPS) is 23.2. The molecule has 32 heavy (non-hydrogen) atoms. The van der Waals surface area contributed by atoms with Gasteiger partial charge in [-0.1, -0.05) is 29.3 Å². The zero-order chi connectivity index (χ0) is 23.2. The molecule has 0 unspecified atom stereocenters. The highest BCUT2D eigenvalue weighted by Gasteiger charge is 2.50. The number of amides is 3. The molecule has 3 amide bonds. The molecule has 3 heterocycles. The number of aromatic nitrogens is 1. The Bertz CT molecular complexity index is 1110. The molecule has 2 aliphatic heterocycles. The molecule has 7 nitrogen and oxygen atoms in total. The summed E-state index contributed by atoms with van der Waals surface area (Å²) in [5.74, 6) is -0.833. The van der Waals surface area contributed by atoms with E-state index in [0.29, 0.717) is 22.7 Å². The number of hydrogen-bond donors (Lipinski definition) is 1. The number of carbonyl (C=O) groups excluding carboxylic acids is 3. The fourth-order valence-corrected chi connectivity index (χ4v) is 5.10. The highest BCUT2D eigenvalue weighted by atomic mass is 35.5. The first kappa shape index (κ1) is 22.8. The lowest BCUT2D eigenvalue weighted by molar-refractivity contribution is -0.130. The van der Waals surface area contributed by atoms with Gasteiger partial charge < -0.3 is 14.6 Å². The maximum Gasteiger partial charge on any atom is 0.325 e. The summed E-state index contributed by atoms with van der Waals surface area (Å²) in [6.07, 6.45) is 2.17. The van der Waals surface area contributed by atoms with Gasteiger partial charge in [-0.05, 0) is 51.8 Å². The number of nitrogens with one attached hydrogen (secondary N) is 1. The molecule has 2 aromatic rings. The standard InChI is InChI=1S/C23H25Cl2N3O4/c1-13-9-17(14(2)27(13)11-16-5-4-8-32-16)20(29)12-28-21(30)23(3,26-22(28)31)18-7-6-15(24)10-19(18)25/h6-7,9-10,16H,4-5,8,11-12H2,1-3H3,(H,26,31)/t16-,23+/m0/s1. The lowest BCUT2D eigenvalue weighted by atomic mass is 9.92. The van der Waals surface area contributed by atoms with E-state index >= 15 is 0 Å². The van der Waals surface area contributed by atoms with Gasteiger partial charge >= 0.3 is 6.03 Å². The Balaban J connectivity index is 1.55. The van der Waals surface area contributed by atoms with Gasteiger partial charge in [-0.25, -0.2) is 4.79 Å². The van der Waals surface area contributed by atoms with Crippen molar-refractivity contribution in [2.24, 2.45) is 0 Å². The fraction of sp³-hybridized carbons (Fsp3) is 0.435. The van der Waals surface area contributed by atoms with Crippen molar-refractivity contribution in [3.05, 3.63) is 56.8 Å². The van der Waals surface area contributed by atoms with E-state index in [-0.39, 0.29) is 23.5 Å². The summed E-state index contributed by atoms with van der Waals surface area (Å²) in [5.41, 5.74) is 1.29. The molecular formula is C23H25Cl2N3O4. The zero-order valence-electron chi connectivity index (χ0n) is 18.2. The van der Waals surface area contributed by atoms with Crippen LogP contribution in [0, 0.1) is 13.8 Å². The van der Waals surface area contributed by atoms with Crippen LogP contribution < -0.4 is 5.32 Å². The smallest absolute Gasteiger partial charge is 0.325 e. The number of imide groups is 1. The molecule has 0 saturated carbocycles. The summed E-state index contributed by atoms with van der Waals surface area (Å²) in [6, 6.07) is 5.89. The van der Waals surface area contributed by atoms with Crippen LogP contribution >= 0.6 is 23.2 Å². The number of ketones is 1. The largest absolute Gasteiger partial charge is 0.376 e. The van der Waals surface area contributed by atoms with Gasteiger partial charge in [0, 0.05) is 45.7 Å². The average Bonchev–Trinajstić information content (AvgIpc) is 3.39. The maximum absolute atomic E-state index is 13.2. The minimum absolute atomic E-state index is 0.138. The second kappa shape index (κ2) is 8.54. The van der Waals surface area contributed by atoms with Crippen molar-refractivity contribution in [1.82, 2.24) is 14.8 Å². The number of ether oxygens (including phenoxy) is 1. The highest BCUT2D eigenvalue weighted by Crippen LogP contribution is 2.35. The van der Waals surface area contributed by atoms with Gasteiger partial charge in [0.15, 0.2) is 5.78 Å². The molecule has 170 valence electrons. The molecule has 2 fully saturated rings. The monoisotopic (exact) mass is 477 g/mol. The van der Waals surface area contributed by atoms with Gasteiger partial charge in [0.2, 0.25) is 0 Å². The van der Waals surface area contributed by atoms with E-state index in [0.717, 1.165) is 35.7 Å². The van der Waals surface area contributed by atoms with E-state index in [1.54, 1.807) is 25.1 Å². The summed E-state index contributed by atoms with van der Waals surface area (Å²) in [4.78, 5) is 39.9. The Kier molecular flexibility index (Phi) is 6.09. The van der Waals surface area contributed by atoms with E-state index in [1.165, 1.54) is 6.07 Å². The van der Waals surface area contributed by atoms with E-state index in [1.807, 2.05) is 13.8 Å². The lowest BCUT2D eigenvalue weighted by Crippen LogP contribution is -2.41. The van der Waals surface area contributed by atoms with Gasteiger partial charge in [0.05, 0.1) is 12.6 Å². The third-order valence-corrected chi connectivity index (χ3v) is 6.88. The third-order valence-electron chi connectivity index (χ3n) is 6.33. The molecule has 1 N–H and O–H groups in total. The minimum atomic E-state index is -1.38. The SMILES string of the molecule is Cc1cc(C(=O)CN2C(=O)N[C@](C)(c3ccc(Cl)cc3Cl)C2=O)c(C)n1C[C@@H]1CCCO1. The molecule has 2 saturated heterocycles. The van der Waals surface area contributed by atoms with Crippen LogP contribution in [0.15, 0.2) is 24.3 Å². The number of aryl methyl sites for hydroxylation is 1. The van der Waals surface area contributed by atoms with Crippen molar-refractivity contribution < 1.29 is 19.1 Å². The number of nitrogens with zero attached hydrogens (tertiary/aromatic N) is 2. The predicted octanol–water partition coefficient (Wildman–Crippen LogP) is 4.24. The number of benzene rings is 1. The number of rotatable bonds is 6. The van der Waals surface area contributed by atoms with Crippen molar-refractivity contribution in [3.63, 3.8) is 0 Å². The first-order valence-corrected chi connectivity index (χ1v) is 11.3. The first-order valence-electron chi connectivity index (χ1n) is 10.5. The van der Waals surface area contributed by atoms with E-state index in [9.17, 15) is 14.4 Å². The zero-order valence-corrected chi connectivity index (χ0v) is 19.7. The quantitative estimate of drug-likeness (QED) is 0.498.